The van der Waals surface area contributed by atoms with Crippen LogP contribution < -0.4 is 11.5 Å². The van der Waals surface area contributed by atoms with E-state index in [1.54, 1.807) is 0 Å². The molecule has 0 bridgehead atoms. The predicted octanol–water partition coefficient (Wildman–Crippen LogP) is 10.5. The number of hydrogen-bond acceptors (Lipinski definition) is 2. The number of benzene rings is 4. The lowest BCUT2D eigenvalue weighted by Crippen LogP contribution is -2.02. The molecule has 2 atom stereocenters. The molecule has 0 heterocycles. The highest BCUT2D eigenvalue weighted by Gasteiger charge is 2.15. The third-order valence-corrected chi connectivity index (χ3v) is 8.57. The van der Waals surface area contributed by atoms with Crippen LogP contribution in [0.3, 0.4) is 0 Å². The van der Waals surface area contributed by atoms with Crippen LogP contribution in [0.4, 0.5) is 11.4 Å². The van der Waals surface area contributed by atoms with E-state index >= 15 is 0 Å². The molecule has 2 nitrogen and oxygen atoms in total. The molecule has 0 amide bonds. The highest BCUT2D eigenvalue weighted by atomic mass is 14.5. The second kappa shape index (κ2) is 16.1. The summed E-state index contributed by atoms with van der Waals surface area (Å²) in [6.07, 6.45) is 13.3. The molecule has 0 aliphatic rings. The monoisotopic (exact) mass is 546 g/mol. The molecule has 4 aromatic rings. The normalized spacial score (nSPS) is 12.7. The van der Waals surface area contributed by atoms with Crippen LogP contribution in [0.5, 0.6) is 0 Å². The largest absolute Gasteiger partial charge is 0.399 e. The fourth-order valence-corrected chi connectivity index (χ4v) is 5.99. The molecule has 0 saturated heterocycles. The van der Waals surface area contributed by atoms with Crippen molar-refractivity contribution >= 4 is 11.4 Å². The van der Waals surface area contributed by atoms with E-state index in [1.165, 1.54) is 91.2 Å². The molecule has 0 aliphatic carbocycles. The Kier molecular flexibility index (Phi) is 11.9. The fraction of sp³-hybridized carbons (Fsp3) is 0.385. The van der Waals surface area contributed by atoms with Crippen molar-refractivity contribution in [1.82, 2.24) is 0 Å². The Morgan fingerprint density at radius 3 is 1.05 bits per heavy atom. The van der Waals surface area contributed by atoms with E-state index in [9.17, 15) is 0 Å². The average Bonchev–Trinajstić information content (AvgIpc) is 3.00. The first-order valence-corrected chi connectivity index (χ1v) is 16.0. The molecule has 216 valence electrons. The van der Waals surface area contributed by atoms with Gasteiger partial charge < -0.3 is 11.5 Å². The van der Waals surface area contributed by atoms with E-state index in [0.29, 0.717) is 11.8 Å². The first-order chi connectivity index (χ1) is 20.1. The minimum atomic E-state index is 0.449. The van der Waals surface area contributed by atoms with Gasteiger partial charge in [0.05, 0.1) is 0 Å². The van der Waals surface area contributed by atoms with Gasteiger partial charge >= 0.3 is 0 Å². The number of nitrogen functional groups attached to an aromatic ring is 2. The highest BCUT2D eigenvalue weighted by Crippen LogP contribution is 2.32. The molecule has 4 rings (SSSR count). The molecule has 0 fully saturated rings. The van der Waals surface area contributed by atoms with E-state index in [-0.39, 0.29) is 0 Å². The van der Waals surface area contributed by atoms with Gasteiger partial charge in [0.25, 0.3) is 0 Å². The third-order valence-electron chi connectivity index (χ3n) is 8.57. The van der Waals surface area contributed by atoms with Gasteiger partial charge in [-0.2, -0.15) is 0 Å². The standard InChI is InChI=1S/C39H50N2/c1-3-5-12-38(34-22-26-36(40)27-23-34)32-18-14-30(15-19-32)10-8-7-9-11-31-16-20-33(21-17-31)39(13-6-4-2)35-24-28-37(41)29-25-35/h14-29,38-39H,3-13,40-41H2,1-2H3. The van der Waals surface area contributed by atoms with E-state index in [4.69, 9.17) is 11.5 Å². The molecular formula is C39H50N2. The number of aryl methyl sites for hydroxylation is 2. The maximum absolute atomic E-state index is 5.94. The first kappa shape index (κ1) is 30.4. The van der Waals surface area contributed by atoms with Crippen LogP contribution in [-0.2, 0) is 12.8 Å². The zero-order chi connectivity index (χ0) is 28.9. The van der Waals surface area contributed by atoms with Gasteiger partial charge in [0.15, 0.2) is 0 Å². The number of anilines is 2. The Balaban J connectivity index is 1.25. The van der Waals surface area contributed by atoms with Crippen LogP contribution in [0.25, 0.3) is 0 Å². The smallest absolute Gasteiger partial charge is 0.0314 e. The summed E-state index contributed by atoms with van der Waals surface area (Å²) in [5.74, 6) is 0.897. The van der Waals surface area contributed by atoms with Crippen molar-refractivity contribution < 1.29 is 0 Å². The summed E-state index contributed by atoms with van der Waals surface area (Å²) in [5, 5.41) is 0. The second-order valence-corrected chi connectivity index (χ2v) is 11.8. The van der Waals surface area contributed by atoms with Gasteiger partial charge in [-0.05, 0) is 96.2 Å². The summed E-state index contributed by atoms with van der Waals surface area (Å²) < 4.78 is 0. The maximum atomic E-state index is 5.94. The van der Waals surface area contributed by atoms with Crippen molar-refractivity contribution in [2.24, 2.45) is 0 Å². The summed E-state index contributed by atoms with van der Waals surface area (Å²) in [6.45, 7) is 4.54. The first-order valence-electron chi connectivity index (χ1n) is 16.0. The third kappa shape index (κ3) is 9.25. The van der Waals surface area contributed by atoms with Crippen molar-refractivity contribution in [2.45, 2.75) is 96.3 Å². The Hall–Kier alpha value is -3.52. The summed E-state index contributed by atoms with van der Waals surface area (Å²) in [4.78, 5) is 0. The van der Waals surface area contributed by atoms with Crippen LogP contribution in [0, 0.1) is 0 Å². The minimum Gasteiger partial charge on any atom is -0.399 e. The number of hydrogen-bond donors (Lipinski definition) is 2. The SMILES string of the molecule is CCCCC(c1ccc(N)cc1)c1ccc(CCCCCc2ccc(C(CCCC)c3ccc(N)cc3)cc2)cc1. The lowest BCUT2D eigenvalue weighted by Gasteiger charge is -2.19. The highest BCUT2D eigenvalue weighted by molar-refractivity contribution is 5.44. The second-order valence-electron chi connectivity index (χ2n) is 11.8. The van der Waals surface area contributed by atoms with Crippen LogP contribution in [0.1, 0.15) is 117 Å². The average molecular weight is 547 g/mol. The van der Waals surface area contributed by atoms with Crippen molar-refractivity contribution in [3.05, 3.63) is 130 Å². The Morgan fingerprint density at radius 2 is 0.732 bits per heavy atom. The zero-order valence-corrected chi connectivity index (χ0v) is 25.3. The van der Waals surface area contributed by atoms with Crippen LogP contribution in [0.15, 0.2) is 97.1 Å². The molecule has 0 spiro atoms. The quantitative estimate of drug-likeness (QED) is 0.108. The number of nitrogens with two attached hydrogens (primary N) is 2. The zero-order valence-electron chi connectivity index (χ0n) is 25.3. The van der Waals surface area contributed by atoms with Gasteiger partial charge in [-0.1, -0.05) is 119 Å². The fourth-order valence-electron chi connectivity index (χ4n) is 5.99. The van der Waals surface area contributed by atoms with Gasteiger partial charge in [0.2, 0.25) is 0 Å². The summed E-state index contributed by atoms with van der Waals surface area (Å²) >= 11 is 0. The molecule has 2 heteroatoms. The minimum absolute atomic E-state index is 0.449. The summed E-state index contributed by atoms with van der Waals surface area (Å²) in [6, 6.07) is 35.7. The van der Waals surface area contributed by atoms with Crippen LogP contribution in [-0.4, -0.2) is 0 Å². The molecule has 4 aromatic carbocycles. The van der Waals surface area contributed by atoms with E-state index in [0.717, 1.165) is 24.2 Å². The molecular weight excluding hydrogens is 496 g/mol. The molecule has 0 aromatic heterocycles. The summed E-state index contributed by atoms with van der Waals surface area (Å²) in [5.41, 5.74) is 22.0. The topological polar surface area (TPSA) is 52.0 Å². The van der Waals surface area contributed by atoms with Crippen LogP contribution in [0.2, 0.25) is 0 Å². The van der Waals surface area contributed by atoms with E-state index in [1.807, 2.05) is 24.3 Å². The van der Waals surface area contributed by atoms with E-state index < -0.39 is 0 Å². The van der Waals surface area contributed by atoms with Gasteiger partial charge in [0, 0.05) is 23.2 Å². The van der Waals surface area contributed by atoms with Gasteiger partial charge in [0.1, 0.15) is 0 Å². The lowest BCUT2D eigenvalue weighted by atomic mass is 9.86. The molecule has 41 heavy (non-hydrogen) atoms. The lowest BCUT2D eigenvalue weighted by molar-refractivity contribution is 0.648. The molecule has 2 unspecified atom stereocenters. The van der Waals surface area contributed by atoms with Gasteiger partial charge in [-0.15, -0.1) is 0 Å². The van der Waals surface area contributed by atoms with E-state index in [2.05, 4.69) is 86.6 Å². The molecule has 0 saturated carbocycles. The van der Waals surface area contributed by atoms with Gasteiger partial charge in [-0.25, -0.2) is 0 Å². The number of rotatable bonds is 16. The maximum Gasteiger partial charge on any atom is 0.0314 e. The van der Waals surface area contributed by atoms with Gasteiger partial charge in [-0.3, -0.25) is 0 Å². The number of unbranched alkanes of at least 4 members (excludes halogenated alkanes) is 4. The molecule has 0 aliphatic heterocycles. The summed E-state index contributed by atoms with van der Waals surface area (Å²) in [7, 11) is 0. The Bertz CT molecular complexity index is 1170. The van der Waals surface area contributed by atoms with Crippen molar-refractivity contribution in [2.75, 3.05) is 11.5 Å². The van der Waals surface area contributed by atoms with Crippen LogP contribution >= 0.6 is 0 Å². The molecule has 0 radical (unpaired) electrons. The van der Waals surface area contributed by atoms with Crippen molar-refractivity contribution in [3.8, 4) is 0 Å². The Labute approximate surface area is 249 Å². The van der Waals surface area contributed by atoms with Crippen molar-refractivity contribution in [1.29, 1.82) is 0 Å². The van der Waals surface area contributed by atoms with Crippen molar-refractivity contribution in [3.63, 3.8) is 0 Å². The Morgan fingerprint density at radius 1 is 0.415 bits per heavy atom. The molecule has 4 N–H and O–H groups in total. The predicted molar refractivity (Wildman–Crippen MR) is 179 cm³/mol.